The van der Waals surface area contributed by atoms with Gasteiger partial charge in [0.15, 0.2) is 0 Å². The molecule has 0 saturated carbocycles. The zero-order valence-electron chi connectivity index (χ0n) is 11.5. The van der Waals surface area contributed by atoms with Crippen LogP contribution in [0, 0.1) is 0 Å². The molecule has 1 N–H and O–H groups in total. The van der Waals surface area contributed by atoms with Crippen LogP contribution in [0.2, 0.25) is 0 Å². The summed E-state index contributed by atoms with van der Waals surface area (Å²) in [4.78, 5) is 4.65. The molecule has 5 heteroatoms. The number of hydrogen-bond donors (Lipinski definition) is 1. The highest BCUT2D eigenvalue weighted by molar-refractivity contribution is 7.18. The van der Waals surface area contributed by atoms with Gasteiger partial charge in [0.1, 0.15) is 0 Å². The molecule has 2 heterocycles. The Morgan fingerprint density at radius 1 is 1.30 bits per heavy atom. The predicted octanol–water partition coefficient (Wildman–Crippen LogP) is 2.71. The van der Waals surface area contributed by atoms with E-state index in [1.54, 1.807) is 11.3 Å². The van der Waals surface area contributed by atoms with Crippen molar-refractivity contribution in [3.63, 3.8) is 0 Å². The van der Waals surface area contributed by atoms with Gasteiger partial charge in [0.05, 0.1) is 21.8 Å². The summed E-state index contributed by atoms with van der Waals surface area (Å²) in [5, 5.41) is 8.94. The molecule has 0 spiro atoms. The van der Waals surface area contributed by atoms with Crippen molar-refractivity contribution in [1.82, 2.24) is 20.1 Å². The Balaban J connectivity index is 1.49. The van der Waals surface area contributed by atoms with Gasteiger partial charge in [0.25, 0.3) is 0 Å². The van der Waals surface area contributed by atoms with Gasteiger partial charge in [-0.25, -0.2) is 4.98 Å². The van der Waals surface area contributed by atoms with Crippen molar-refractivity contribution in [3.8, 4) is 0 Å². The Morgan fingerprint density at radius 2 is 2.20 bits per heavy atom. The molecule has 104 valence electrons. The smallest absolute Gasteiger partial charge is 0.0951 e. The van der Waals surface area contributed by atoms with Gasteiger partial charge in [-0.2, -0.15) is 5.10 Å². The Labute approximate surface area is 122 Å². The zero-order chi connectivity index (χ0) is 13.8. The first-order chi connectivity index (χ1) is 9.81. The Hall–Kier alpha value is -1.72. The van der Waals surface area contributed by atoms with Gasteiger partial charge < -0.3 is 5.32 Å². The average Bonchev–Trinajstić information content (AvgIpc) is 3.07. The Kier molecular flexibility index (Phi) is 4.08. The largest absolute Gasteiger partial charge is 0.312 e. The molecule has 3 aromatic rings. The van der Waals surface area contributed by atoms with Crippen LogP contribution in [0.1, 0.15) is 11.9 Å². The summed E-state index contributed by atoms with van der Waals surface area (Å²) in [7, 11) is 0. The third-order valence-electron chi connectivity index (χ3n) is 3.19. The highest BCUT2D eigenvalue weighted by Gasteiger charge is 2.05. The summed E-state index contributed by atoms with van der Waals surface area (Å²) in [6.07, 6.45) is 4.78. The van der Waals surface area contributed by atoms with Crippen LogP contribution in [-0.4, -0.2) is 27.4 Å². The monoisotopic (exact) mass is 286 g/mol. The highest BCUT2D eigenvalue weighted by Crippen LogP contribution is 2.21. The molecule has 0 fully saturated rings. The van der Waals surface area contributed by atoms with Crippen molar-refractivity contribution < 1.29 is 0 Å². The summed E-state index contributed by atoms with van der Waals surface area (Å²) < 4.78 is 3.22. The van der Waals surface area contributed by atoms with E-state index in [1.807, 2.05) is 29.2 Å². The number of rotatable bonds is 6. The van der Waals surface area contributed by atoms with E-state index < -0.39 is 0 Å². The molecule has 3 rings (SSSR count). The van der Waals surface area contributed by atoms with Crippen LogP contribution >= 0.6 is 11.3 Å². The van der Waals surface area contributed by atoms with E-state index in [9.17, 15) is 0 Å². The molecule has 0 saturated heterocycles. The minimum atomic E-state index is 0.407. The molecule has 20 heavy (non-hydrogen) atoms. The fraction of sp³-hybridized carbons (Fsp3) is 0.333. The van der Waals surface area contributed by atoms with E-state index in [1.165, 1.54) is 9.71 Å². The number of fused-ring (bicyclic) bond motifs is 1. The summed E-state index contributed by atoms with van der Waals surface area (Å²) in [5.74, 6) is 0. The number of hydrogen-bond acceptors (Lipinski definition) is 4. The highest BCUT2D eigenvalue weighted by atomic mass is 32.1. The first kappa shape index (κ1) is 13.3. The molecule has 0 radical (unpaired) electrons. The van der Waals surface area contributed by atoms with Gasteiger partial charge >= 0.3 is 0 Å². The van der Waals surface area contributed by atoms with Crippen LogP contribution in [0.15, 0.2) is 42.7 Å². The molecule has 0 aliphatic carbocycles. The lowest BCUT2D eigenvalue weighted by Gasteiger charge is -2.13. The molecule has 1 atom stereocenters. The number of nitrogens with one attached hydrogen (secondary N) is 1. The Bertz CT molecular complexity index is 626. The number of aromatic nitrogens is 3. The predicted molar refractivity (Wildman–Crippen MR) is 83.0 cm³/mol. The van der Waals surface area contributed by atoms with Crippen molar-refractivity contribution in [2.24, 2.45) is 0 Å². The number of para-hydroxylation sites is 1. The van der Waals surface area contributed by atoms with Gasteiger partial charge in [0.2, 0.25) is 0 Å². The van der Waals surface area contributed by atoms with Crippen molar-refractivity contribution in [2.75, 3.05) is 6.54 Å². The fourth-order valence-corrected chi connectivity index (χ4v) is 3.17. The minimum Gasteiger partial charge on any atom is -0.312 e. The number of nitrogens with zero attached hydrogens (tertiary/aromatic N) is 3. The zero-order valence-corrected chi connectivity index (χ0v) is 12.3. The lowest BCUT2D eigenvalue weighted by Crippen LogP contribution is -2.32. The number of thiazole rings is 1. The molecule has 0 aliphatic heterocycles. The molecule has 0 bridgehead atoms. The lowest BCUT2D eigenvalue weighted by molar-refractivity contribution is 0.454. The standard InChI is InChI=1S/C15H18N4S/c1-12(11-19-10-4-8-17-19)16-9-7-15-18-13-5-2-3-6-14(13)20-15/h2-6,8,10,12,16H,7,9,11H2,1H3/t12-/m1/s1. The van der Waals surface area contributed by atoms with Crippen LogP contribution in [-0.2, 0) is 13.0 Å². The summed E-state index contributed by atoms with van der Waals surface area (Å²) >= 11 is 1.79. The molecule has 1 aromatic carbocycles. The van der Waals surface area contributed by atoms with Crippen molar-refractivity contribution >= 4 is 21.6 Å². The van der Waals surface area contributed by atoms with E-state index in [0.29, 0.717) is 6.04 Å². The average molecular weight is 286 g/mol. The fourth-order valence-electron chi connectivity index (χ4n) is 2.21. The molecule has 0 unspecified atom stereocenters. The normalized spacial score (nSPS) is 12.8. The second kappa shape index (κ2) is 6.15. The topological polar surface area (TPSA) is 42.7 Å². The van der Waals surface area contributed by atoms with Crippen molar-refractivity contribution in [2.45, 2.75) is 25.9 Å². The van der Waals surface area contributed by atoms with Crippen molar-refractivity contribution in [3.05, 3.63) is 47.7 Å². The van der Waals surface area contributed by atoms with E-state index >= 15 is 0 Å². The van der Waals surface area contributed by atoms with Gasteiger partial charge in [-0.1, -0.05) is 12.1 Å². The Morgan fingerprint density at radius 3 is 3.00 bits per heavy atom. The van der Waals surface area contributed by atoms with Crippen LogP contribution in [0.25, 0.3) is 10.2 Å². The quantitative estimate of drug-likeness (QED) is 0.757. The molecular formula is C15H18N4S. The van der Waals surface area contributed by atoms with Gasteiger partial charge in [0, 0.05) is 31.4 Å². The second-order valence-corrected chi connectivity index (χ2v) is 6.02. The molecule has 0 aliphatic rings. The lowest BCUT2D eigenvalue weighted by atomic mass is 10.3. The van der Waals surface area contributed by atoms with E-state index in [4.69, 9.17) is 0 Å². The maximum absolute atomic E-state index is 4.65. The van der Waals surface area contributed by atoms with E-state index in [2.05, 4.69) is 40.5 Å². The minimum absolute atomic E-state index is 0.407. The second-order valence-electron chi connectivity index (χ2n) is 4.91. The summed E-state index contributed by atoms with van der Waals surface area (Å²) in [5.41, 5.74) is 1.11. The maximum atomic E-state index is 4.65. The summed E-state index contributed by atoms with van der Waals surface area (Å²) in [6, 6.07) is 10.7. The maximum Gasteiger partial charge on any atom is 0.0951 e. The molecular weight excluding hydrogens is 268 g/mol. The molecule has 2 aromatic heterocycles. The molecule has 0 amide bonds. The van der Waals surface area contributed by atoms with Crippen LogP contribution in [0.4, 0.5) is 0 Å². The van der Waals surface area contributed by atoms with Gasteiger partial charge in [-0.15, -0.1) is 11.3 Å². The molecule has 4 nitrogen and oxygen atoms in total. The van der Waals surface area contributed by atoms with Gasteiger partial charge in [-0.3, -0.25) is 4.68 Å². The number of benzene rings is 1. The third-order valence-corrected chi connectivity index (χ3v) is 4.29. The van der Waals surface area contributed by atoms with Crippen molar-refractivity contribution in [1.29, 1.82) is 0 Å². The summed E-state index contributed by atoms with van der Waals surface area (Å²) in [6.45, 7) is 4.02. The van der Waals surface area contributed by atoms with Crippen LogP contribution < -0.4 is 5.32 Å². The third kappa shape index (κ3) is 3.23. The first-order valence-electron chi connectivity index (χ1n) is 6.86. The van der Waals surface area contributed by atoms with Gasteiger partial charge in [-0.05, 0) is 25.1 Å². The van der Waals surface area contributed by atoms with E-state index in [0.717, 1.165) is 25.0 Å². The SMILES string of the molecule is C[C@H](Cn1cccn1)NCCc1nc2ccccc2s1. The van der Waals surface area contributed by atoms with E-state index in [-0.39, 0.29) is 0 Å². The first-order valence-corrected chi connectivity index (χ1v) is 7.68. The van der Waals surface area contributed by atoms with Crippen LogP contribution in [0.3, 0.4) is 0 Å². The van der Waals surface area contributed by atoms with Crippen LogP contribution in [0.5, 0.6) is 0 Å².